The van der Waals surface area contributed by atoms with Crippen molar-refractivity contribution in [1.29, 1.82) is 0 Å². The van der Waals surface area contributed by atoms with Crippen molar-refractivity contribution in [3.63, 3.8) is 0 Å². The minimum Gasteiger partial charge on any atom is -0.273 e. The number of para-hydroxylation sites is 1. The maximum Gasteiger partial charge on any atom is 0.266 e. The third-order valence-electron chi connectivity index (χ3n) is 5.59. The molecule has 160 valence electrons. The number of benzene rings is 3. The van der Waals surface area contributed by atoms with Crippen LogP contribution in [0.2, 0.25) is 10.0 Å². The van der Waals surface area contributed by atoms with Gasteiger partial charge in [0.05, 0.1) is 17.4 Å². The van der Waals surface area contributed by atoms with Gasteiger partial charge in [-0.3, -0.25) is 14.4 Å². The van der Waals surface area contributed by atoms with Gasteiger partial charge in [0.2, 0.25) is 5.91 Å². The maximum absolute atomic E-state index is 13.4. The average Bonchev–Trinajstić information content (AvgIpc) is 3.29. The van der Waals surface area contributed by atoms with E-state index in [9.17, 15) is 9.59 Å². The smallest absolute Gasteiger partial charge is 0.266 e. The molecule has 0 N–H and O–H groups in total. The standard InChI is InChI=1S/C25H18Cl2N2O3/c26-17-10-12-19(13-11-17)28-24(30)22-21(14-9-16-5-4-6-18(27)15-16)29(32-23(22)25(28)31)20-7-2-1-3-8-20/h1-15,21-23H/b14-9-/t21-,22+,23-/m1/s1. The Hall–Kier alpha value is -3.12. The van der Waals surface area contributed by atoms with E-state index in [0.717, 1.165) is 11.3 Å². The highest BCUT2D eigenvalue weighted by atomic mass is 35.5. The number of imide groups is 1. The first-order valence-corrected chi connectivity index (χ1v) is 10.9. The monoisotopic (exact) mass is 464 g/mol. The molecule has 0 radical (unpaired) electrons. The Bertz CT molecular complexity index is 1200. The number of carbonyl (C=O) groups is 2. The van der Waals surface area contributed by atoms with Crippen molar-refractivity contribution in [2.75, 3.05) is 9.96 Å². The molecule has 3 atom stereocenters. The van der Waals surface area contributed by atoms with Crippen LogP contribution in [0, 0.1) is 5.92 Å². The molecule has 0 bridgehead atoms. The molecule has 0 unspecified atom stereocenters. The predicted molar refractivity (Wildman–Crippen MR) is 126 cm³/mol. The summed E-state index contributed by atoms with van der Waals surface area (Å²) >= 11 is 12.1. The van der Waals surface area contributed by atoms with Crippen LogP contribution in [0.5, 0.6) is 0 Å². The number of hydroxylamine groups is 1. The summed E-state index contributed by atoms with van der Waals surface area (Å²) in [7, 11) is 0. The molecule has 2 heterocycles. The van der Waals surface area contributed by atoms with Gasteiger partial charge in [-0.05, 0) is 54.1 Å². The van der Waals surface area contributed by atoms with Gasteiger partial charge < -0.3 is 0 Å². The lowest BCUT2D eigenvalue weighted by molar-refractivity contribution is -0.126. The Morgan fingerprint density at radius 2 is 1.53 bits per heavy atom. The van der Waals surface area contributed by atoms with Crippen molar-refractivity contribution in [2.45, 2.75) is 12.1 Å². The van der Waals surface area contributed by atoms with Crippen molar-refractivity contribution >= 4 is 52.5 Å². The molecular weight excluding hydrogens is 447 g/mol. The van der Waals surface area contributed by atoms with Crippen molar-refractivity contribution in [3.05, 3.63) is 101 Å². The van der Waals surface area contributed by atoms with Crippen LogP contribution in [0.4, 0.5) is 11.4 Å². The van der Waals surface area contributed by atoms with Gasteiger partial charge in [0.15, 0.2) is 6.10 Å². The lowest BCUT2D eigenvalue weighted by Gasteiger charge is -2.26. The molecule has 32 heavy (non-hydrogen) atoms. The van der Waals surface area contributed by atoms with E-state index >= 15 is 0 Å². The van der Waals surface area contributed by atoms with Crippen molar-refractivity contribution in [3.8, 4) is 0 Å². The molecule has 0 aliphatic carbocycles. The fraction of sp³-hybridized carbons (Fsp3) is 0.120. The SMILES string of the molecule is O=C1[C@H]2[C@@H](/C=C\c3cccc(Cl)c3)N(c3ccccc3)O[C@H]2C(=O)N1c1ccc(Cl)cc1. The minimum atomic E-state index is -0.910. The second-order valence-electron chi connectivity index (χ2n) is 7.61. The number of hydrogen-bond donors (Lipinski definition) is 0. The predicted octanol–water partition coefficient (Wildman–Crippen LogP) is 5.39. The van der Waals surface area contributed by atoms with E-state index in [-0.39, 0.29) is 11.8 Å². The molecule has 0 spiro atoms. The highest BCUT2D eigenvalue weighted by molar-refractivity contribution is 6.31. The van der Waals surface area contributed by atoms with Gasteiger partial charge in [-0.1, -0.05) is 65.7 Å². The van der Waals surface area contributed by atoms with E-state index in [1.54, 1.807) is 35.4 Å². The molecular formula is C25H18Cl2N2O3. The summed E-state index contributed by atoms with van der Waals surface area (Å²) in [6.45, 7) is 0. The Kier molecular flexibility index (Phi) is 5.47. The van der Waals surface area contributed by atoms with Crippen LogP contribution in [0.1, 0.15) is 5.56 Å². The van der Waals surface area contributed by atoms with Gasteiger partial charge in [0.1, 0.15) is 5.92 Å². The maximum atomic E-state index is 13.4. The zero-order chi connectivity index (χ0) is 22.2. The van der Waals surface area contributed by atoms with Crippen LogP contribution >= 0.6 is 23.2 Å². The molecule has 2 amide bonds. The number of rotatable bonds is 4. The molecule has 5 nitrogen and oxygen atoms in total. The molecule has 5 rings (SSSR count). The molecule has 0 saturated carbocycles. The van der Waals surface area contributed by atoms with Crippen LogP contribution in [0.25, 0.3) is 6.08 Å². The van der Waals surface area contributed by atoms with Gasteiger partial charge in [-0.25, -0.2) is 9.96 Å². The van der Waals surface area contributed by atoms with E-state index in [1.165, 1.54) is 4.90 Å². The van der Waals surface area contributed by atoms with Gasteiger partial charge >= 0.3 is 0 Å². The molecule has 2 aliphatic heterocycles. The molecule has 0 aromatic heterocycles. The lowest BCUT2D eigenvalue weighted by atomic mass is 9.95. The van der Waals surface area contributed by atoms with Crippen LogP contribution in [0.15, 0.2) is 84.9 Å². The first-order chi connectivity index (χ1) is 15.5. The number of halogens is 2. The van der Waals surface area contributed by atoms with E-state index < -0.39 is 18.1 Å². The highest BCUT2D eigenvalue weighted by Crippen LogP contribution is 2.41. The molecule has 3 aromatic rings. The van der Waals surface area contributed by atoms with Crippen LogP contribution in [-0.2, 0) is 14.4 Å². The Labute approximate surface area is 195 Å². The molecule has 2 fully saturated rings. The van der Waals surface area contributed by atoms with Crippen molar-refractivity contribution < 1.29 is 14.4 Å². The Balaban J connectivity index is 1.52. The number of anilines is 2. The number of fused-ring (bicyclic) bond motifs is 1. The van der Waals surface area contributed by atoms with Crippen molar-refractivity contribution in [2.24, 2.45) is 5.92 Å². The third kappa shape index (κ3) is 3.69. The first-order valence-electron chi connectivity index (χ1n) is 10.1. The summed E-state index contributed by atoms with van der Waals surface area (Å²) in [5.41, 5.74) is 2.13. The highest BCUT2D eigenvalue weighted by Gasteiger charge is 2.59. The van der Waals surface area contributed by atoms with E-state index in [2.05, 4.69) is 0 Å². The first kappa shape index (κ1) is 20.8. The van der Waals surface area contributed by atoms with Crippen LogP contribution in [0.3, 0.4) is 0 Å². The summed E-state index contributed by atoms with van der Waals surface area (Å²) in [4.78, 5) is 33.9. The van der Waals surface area contributed by atoms with E-state index in [4.69, 9.17) is 28.0 Å². The molecule has 7 heteroatoms. The van der Waals surface area contributed by atoms with Gasteiger partial charge in [0, 0.05) is 10.0 Å². The fourth-order valence-electron chi connectivity index (χ4n) is 4.11. The summed E-state index contributed by atoms with van der Waals surface area (Å²) in [5, 5.41) is 2.79. The Morgan fingerprint density at radius 3 is 2.25 bits per heavy atom. The second-order valence-corrected chi connectivity index (χ2v) is 8.48. The summed E-state index contributed by atoms with van der Waals surface area (Å²) in [6.07, 6.45) is 2.87. The third-order valence-corrected chi connectivity index (χ3v) is 6.08. The number of hydrogen-bond acceptors (Lipinski definition) is 4. The largest absolute Gasteiger partial charge is 0.273 e. The van der Waals surface area contributed by atoms with Gasteiger partial charge in [-0.15, -0.1) is 0 Å². The summed E-state index contributed by atoms with van der Waals surface area (Å²) in [6, 6.07) is 23.0. The van der Waals surface area contributed by atoms with Gasteiger partial charge in [0.25, 0.3) is 5.91 Å². The number of nitrogens with zero attached hydrogens (tertiary/aromatic N) is 2. The number of amides is 2. The van der Waals surface area contributed by atoms with Crippen LogP contribution < -0.4 is 9.96 Å². The Morgan fingerprint density at radius 1 is 0.781 bits per heavy atom. The average molecular weight is 465 g/mol. The normalized spacial score (nSPS) is 22.8. The summed E-state index contributed by atoms with van der Waals surface area (Å²) in [5.74, 6) is -1.38. The van der Waals surface area contributed by atoms with Crippen molar-refractivity contribution in [1.82, 2.24) is 0 Å². The lowest BCUT2D eigenvalue weighted by Crippen LogP contribution is -2.39. The molecule has 2 saturated heterocycles. The van der Waals surface area contributed by atoms with E-state index in [0.29, 0.717) is 15.7 Å². The van der Waals surface area contributed by atoms with E-state index in [1.807, 2.05) is 60.7 Å². The molecule has 3 aromatic carbocycles. The zero-order valence-corrected chi connectivity index (χ0v) is 18.3. The summed E-state index contributed by atoms with van der Waals surface area (Å²) < 4.78 is 0. The quantitative estimate of drug-likeness (QED) is 0.486. The zero-order valence-electron chi connectivity index (χ0n) is 16.8. The minimum absolute atomic E-state index is 0.304. The topological polar surface area (TPSA) is 49.9 Å². The van der Waals surface area contributed by atoms with Gasteiger partial charge in [-0.2, -0.15) is 0 Å². The van der Waals surface area contributed by atoms with Crippen LogP contribution in [-0.4, -0.2) is 24.0 Å². The number of carbonyl (C=O) groups excluding carboxylic acids is 2. The molecule has 2 aliphatic rings. The fourth-order valence-corrected chi connectivity index (χ4v) is 4.44. The second kappa shape index (κ2) is 8.43.